The van der Waals surface area contributed by atoms with Gasteiger partial charge in [-0.15, -0.1) is 0 Å². The van der Waals surface area contributed by atoms with Gasteiger partial charge < -0.3 is 9.47 Å². The molecule has 0 bridgehead atoms. The number of hydrogen-bond donors (Lipinski definition) is 0. The van der Waals surface area contributed by atoms with E-state index in [9.17, 15) is 9.59 Å². The molecular weight excluding hydrogens is 316 g/mol. The van der Waals surface area contributed by atoms with Gasteiger partial charge in [-0.05, 0) is 42.5 Å². The van der Waals surface area contributed by atoms with Crippen LogP contribution in [0.15, 0.2) is 60.7 Å². The third-order valence-corrected chi connectivity index (χ3v) is 3.84. The van der Waals surface area contributed by atoms with Crippen molar-refractivity contribution in [2.24, 2.45) is 5.41 Å². The van der Waals surface area contributed by atoms with E-state index in [1.54, 1.807) is 36.4 Å². The van der Waals surface area contributed by atoms with Gasteiger partial charge in [-0.3, -0.25) is 0 Å². The SMILES string of the molecule is CC(C)(CCCOC(=O)c1ccccc1)COC(=O)c1ccccc1. The predicted molar refractivity (Wildman–Crippen MR) is 96.5 cm³/mol. The summed E-state index contributed by atoms with van der Waals surface area (Å²) in [7, 11) is 0. The molecule has 0 saturated carbocycles. The zero-order chi connectivity index (χ0) is 18.1. The van der Waals surface area contributed by atoms with Crippen molar-refractivity contribution in [1.29, 1.82) is 0 Å². The molecule has 0 aliphatic heterocycles. The van der Waals surface area contributed by atoms with Crippen LogP contribution in [-0.2, 0) is 9.47 Å². The summed E-state index contributed by atoms with van der Waals surface area (Å²) in [5, 5.41) is 0. The molecule has 0 aromatic heterocycles. The molecule has 0 aliphatic rings. The van der Waals surface area contributed by atoms with Crippen LogP contribution in [0, 0.1) is 5.41 Å². The zero-order valence-electron chi connectivity index (χ0n) is 14.7. The molecule has 2 rings (SSSR count). The monoisotopic (exact) mass is 340 g/mol. The van der Waals surface area contributed by atoms with E-state index in [0.717, 1.165) is 6.42 Å². The number of carbonyl (C=O) groups excluding carboxylic acids is 2. The lowest BCUT2D eigenvalue weighted by Crippen LogP contribution is -2.22. The van der Waals surface area contributed by atoms with Crippen molar-refractivity contribution < 1.29 is 19.1 Å². The normalized spacial score (nSPS) is 11.0. The Labute approximate surface area is 148 Å². The minimum absolute atomic E-state index is 0.177. The third-order valence-electron chi connectivity index (χ3n) is 3.84. The lowest BCUT2D eigenvalue weighted by Gasteiger charge is -2.24. The van der Waals surface area contributed by atoms with Crippen LogP contribution >= 0.6 is 0 Å². The summed E-state index contributed by atoms with van der Waals surface area (Å²) in [5.74, 6) is -0.627. The van der Waals surface area contributed by atoms with Crippen molar-refractivity contribution in [3.8, 4) is 0 Å². The molecule has 2 aromatic rings. The molecule has 0 heterocycles. The molecule has 0 spiro atoms. The van der Waals surface area contributed by atoms with Gasteiger partial charge in [0.2, 0.25) is 0 Å². The molecule has 0 fully saturated rings. The van der Waals surface area contributed by atoms with E-state index in [4.69, 9.17) is 9.47 Å². The molecular formula is C21H24O4. The fraction of sp³-hybridized carbons (Fsp3) is 0.333. The Morgan fingerprint density at radius 2 is 1.28 bits per heavy atom. The molecule has 25 heavy (non-hydrogen) atoms. The lowest BCUT2D eigenvalue weighted by atomic mass is 9.89. The summed E-state index contributed by atoms with van der Waals surface area (Å²) >= 11 is 0. The molecule has 132 valence electrons. The first kappa shape index (κ1) is 18.7. The summed E-state index contributed by atoms with van der Waals surface area (Å²) in [6, 6.07) is 17.9. The highest BCUT2D eigenvalue weighted by molar-refractivity contribution is 5.89. The maximum absolute atomic E-state index is 12.0. The van der Waals surface area contributed by atoms with E-state index < -0.39 is 0 Å². The first-order valence-electron chi connectivity index (χ1n) is 8.42. The Bertz CT molecular complexity index is 678. The number of ether oxygens (including phenoxy) is 2. The molecule has 0 unspecified atom stereocenters. The Hall–Kier alpha value is -2.62. The Kier molecular flexibility index (Phi) is 6.75. The quantitative estimate of drug-likeness (QED) is 0.524. The largest absolute Gasteiger partial charge is 0.462 e. The molecule has 4 heteroatoms. The molecule has 0 radical (unpaired) electrons. The molecule has 2 aromatic carbocycles. The van der Waals surface area contributed by atoms with Crippen LogP contribution in [0.1, 0.15) is 47.4 Å². The first-order chi connectivity index (χ1) is 12.0. The van der Waals surface area contributed by atoms with Gasteiger partial charge in [-0.25, -0.2) is 9.59 Å². The average Bonchev–Trinajstić information content (AvgIpc) is 2.64. The van der Waals surface area contributed by atoms with Gasteiger partial charge in [0.1, 0.15) is 0 Å². The van der Waals surface area contributed by atoms with E-state index in [2.05, 4.69) is 0 Å². The standard InChI is InChI=1S/C21H24O4/c1-21(2,16-25-20(23)18-12-7-4-8-13-18)14-9-15-24-19(22)17-10-5-3-6-11-17/h3-8,10-13H,9,14-16H2,1-2H3. The highest BCUT2D eigenvalue weighted by Gasteiger charge is 2.21. The first-order valence-corrected chi connectivity index (χ1v) is 8.42. The summed E-state index contributed by atoms with van der Waals surface area (Å²) < 4.78 is 10.7. The average molecular weight is 340 g/mol. The molecule has 0 saturated heterocycles. The molecule has 0 aliphatic carbocycles. The highest BCUT2D eigenvalue weighted by atomic mass is 16.5. The van der Waals surface area contributed by atoms with Gasteiger partial charge in [-0.2, -0.15) is 0 Å². The summed E-state index contributed by atoms with van der Waals surface area (Å²) in [6.45, 7) is 4.74. The number of esters is 2. The Morgan fingerprint density at radius 1 is 0.800 bits per heavy atom. The minimum atomic E-state index is -0.316. The van der Waals surface area contributed by atoms with Crippen LogP contribution in [0.5, 0.6) is 0 Å². The van der Waals surface area contributed by atoms with Gasteiger partial charge >= 0.3 is 11.9 Å². The zero-order valence-corrected chi connectivity index (χ0v) is 14.7. The third kappa shape index (κ3) is 6.42. The molecule has 0 amide bonds. The Balaban J connectivity index is 1.69. The van der Waals surface area contributed by atoms with Crippen molar-refractivity contribution in [3.63, 3.8) is 0 Å². The van der Waals surface area contributed by atoms with Crippen molar-refractivity contribution in [3.05, 3.63) is 71.8 Å². The second kappa shape index (κ2) is 9.02. The van der Waals surface area contributed by atoms with Crippen LogP contribution in [0.25, 0.3) is 0 Å². The topological polar surface area (TPSA) is 52.6 Å². The van der Waals surface area contributed by atoms with Crippen molar-refractivity contribution >= 4 is 11.9 Å². The van der Waals surface area contributed by atoms with Gasteiger partial charge in [0.15, 0.2) is 0 Å². The van der Waals surface area contributed by atoms with E-state index in [-0.39, 0.29) is 17.4 Å². The van der Waals surface area contributed by atoms with E-state index in [1.165, 1.54) is 0 Å². The molecule has 0 atom stereocenters. The second-order valence-corrected chi connectivity index (χ2v) is 6.71. The minimum Gasteiger partial charge on any atom is -0.462 e. The van der Waals surface area contributed by atoms with E-state index in [0.29, 0.717) is 30.8 Å². The van der Waals surface area contributed by atoms with Crippen LogP contribution in [0.3, 0.4) is 0 Å². The highest BCUT2D eigenvalue weighted by Crippen LogP contribution is 2.23. The van der Waals surface area contributed by atoms with E-state index in [1.807, 2.05) is 38.1 Å². The van der Waals surface area contributed by atoms with Crippen molar-refractivity contribution in [2.45, 2.75) is 26.7 Å². The van der Waals surface area contributed by atoms with Gasteiger partial charge in [0.05, 0.1) is 24.3 Å². The number of hydrogen-bond acceptors (Lipinski definition) is 4. The Morgan fingerprint density at radius 3 is 1.80 bits per heavy atom. The van der Waals surface area contributed by atoms with Crippen molar-refractivity contribution in [1.82, 2.24) is 0 Å². The fourth-order valence-electron chi connectivity index (χ4n) is 2.36. The summed E-state index contributed by atoms with van der Waals surface area (Å²) in [4.78, 5) is 23.8. The number of benzene rings is 2. The van der Waals surface area contributed by atoms with Crippen LogP contribution in [0.4, 0.5) is 0 Å². The van der Waals surface area contributed by atoms with Crippen molar-refractivity contribution in [2.75, 3.05) is 13.2 Å². The van der Waals surface area contributed by atoms with E-state index >= 15 is 0 Å². The predicted octanol–water partition coefficient (Wildman–Crippen LogP) is 4.51. The number of rotatable bonds is 8. The fourth-order valence-corrected chi connectivity index (χ4v) is 2.36. The number of carbonyl (C=O) groups is 2. The van der Waals surface area contributed by atoms with Gasteiger partial charge in [0, 0.05) is 0 Å². The summed E-state index contributed by atoms with van der Waals surface area (Å²) in [5.41, 5.74) is 0.928. The van der Waals surface area contributed by atoms with Crippen LogP contribution < -0.4 is 0 Å². The van der Waals surface area contributed by atoms with Crippen LogP contribution in [-0.4, -0.2) is 25.2 Å². The lowest BCUT2D eigenvalue weighted by molar-refractivity contribution is 0.0300. The smallest absolute Gasteiger partial charge is 0.338 e. The molecule has 0 N–H and O–H groups in total. The maximum Gasteiger partial charge on any atom is 0.338 e. The van der Waals surface area contributed by atoms with Gasteiger partial charge in [0.25, 0.3) is 0 Å². The summed E-state index contributed by atoms with van der Waals surface area (Å²) in [6.07, 6.45) is 1.51. The molecule has 4 nitrogen and oxygen atoms in total. The maximum atomic E-state index is 12.0. The van der Waals surface area contributed by atoms with Crippen LogP contribution in [0.2, 0.25) is 0 Å². The van der Waals surface area contributed by atoms with Gasteiger partial charge in [-0.1, -0.05) is 50.2 Å². The second-order valence-electron chi connectivity index (χ2n) is 6.71.